The highest BCUT2D eigenvalue weighted by Gasteiger charge is 2.32. The Balaban J connectivity index is 1.33. The van der Waals surface area contributed by atoms with Gasteiger partial charge in [0, 0.05) is 24.6 Å². The van der Waals surface area contributed by atoms with Gasteiger partial charge < -0.3 is 13.9 Å². The maximum absolute atomic E-state index is 13.5. The molecule has 2 aromatic carbocycles. The lowest BCUT2D eigenvalue weighted by molar-refractivity contribution is 0.0703. The number of nitrogens with zero attached hydrogens (tertiary/aromatic N) is 4. The van der Waals surface area contributed by atoms with Gasteiger partial charge in [0.25, 0.3) is 5.91 Å². The van der Waals surface area contributed by atoms with Crippen LogP contribution in [0.15, 0.2) is 45.4 Å². The average Bonchev–Trinajstić information content (AvgIpc) is 3.46. The van der Waals surface area contributed by atoms with Crippen LogP contribution < -0.4 is 0 Å². The van der Waals surface area contributed by atoms with Crippen molar-refractivity contribution in [2.45, 2.75) is 25.7 Å². The highest BCUT2D eigenvalue weighted by molar-refractivity contribution is 6.39. The SMILES string of the molecule is Cc1onc(-c2c(Cl)cccc2Cl)c1C(=O)N1CCC(c2nc(-c3c(Cl)cccc3Cl)no2)CC1. The first kappa shape index (κ1) is 24.1. The number of aromatic nitrogens is 3. The highest BCUT2D eigenvalue weighted by Crippen LogP contribution is 2.38. The van der Waals surface area contributed by atoms with Crippen LogP contribution >= 0.6 is 46.4 Å². The van der Waals surface area contributed by atoms with E-state index in [1.54, 1.807) is 48.2 Å². The fourth-order valence-electron chi connectivity index (χ4n) is 4.22. The molecule has 180 valence electrons. The van der Waals surface area contributed by atoms with Crippen molar-refractivity contribution in [2.75, 3.05) is 13.1 Å². The molecule has 1 aliphatic heterocycles. The van der Waals surface area contributed by atoms with E-state index in [4.69, 9.17) is 55.4 Å². The zero-order chi connectivity index (χ0) is 24.7. The minimum atomic E-state index is -0.192. The van der Waals surface area contributed by atoms with Crippen molar-refractivity contribution in [1.82, 2.24) is 20.2 Å². The van der Waals surface area contributed by atoms with Crippen molar-refractivity contribution in [3.8, 4) is 22.6 Å². The molecule has 11 heteroatoms. The quantitative estimate of drug-likeness (QED) is 0.264. The van der Waals surface area contributed by atoms with Crippen LogP contribution in [0, 0.1) is 6.92 Å². The van der Waals surface area contributed by atoms with E-state index in [1.807, 2.05) is 0 Å². The molecule has 0 spiro atoms. The molecule has 5 rings (SSSR count). The summed E-state index contributed by atoms with van der Waals surface area (Å²) in [6.07, 6.45) is 1.30. The maximum Gasteiger partial charge on any atom is 0.259 e. The van der Waals surface area contributed by atoms with Gasteiger partial charge in [-0.15, -0.1) is 0 Å². The number of benzene rings is 2. The standard InChI is InChI=1S/C24H18Cl4N4O3/c1-12-18(21(30-34-12)19-14(25)4-2-5-15(19)26)24(33)32-10-8-13(9-11-32)23-29-22(31-35-23)20-16(27)6-3-7-17(20)28/h2-7,13H,8-11H2,1H3. The van der Waals surface area contributed by atoms with E-state index >= 15 is 0 Å². The molecule has 35 heavy (non-hydrogen) atoms. The number of likely N-dealkylation sites (tertiary alicyclic amines) is 1. The van der Waals surface area contributed by atoms with E-state index in [9.17, 15) is 4.79 Å². The summed E-state index contributed by atoms with van der Waals surface area (Å²) in [5.74, 6) is 1.05. The zero-order valence-electron chi connectivity index (χ0n) is 18.4. The van der Waals surface area contributed by atoms with Crippen molar-refractivity contribution in [2.24, 2.45) is 0 Å². The summed E-state index contributed by atoms with van der Waals surface area (Å²) in [6, 6.07) is 10.3. The second-order valence-electron chi connectivity index (χ2n) is 8.18. The summed E-state index contributed by atoms with van der Waals surface area (Å²) in [7, 11) is 0. The van der Waals surface area contributed by atoms with Crippen molar-refractivity contribution >= 4 is 52.3 Å². The lowest BCUT2D eigenvalue weighted by Gasteiger charge is -2.30. The summed E-state index contributed by atoms with van der Waals surface area (Å²) in [5, 5.41) is 9.84. The molecule has 0 saturated carbocycles. The summed E-state index contributed by atoms with van der Waals surface area (Å²) in [4.78, 5) is 19.7. The first-order valence-corrected chi connectivity index (χ1v) is 12.3. The van der Waals surface area contributed by atoms with Crippen molar-refractivity contribution in [1.29, 1.82) is 0 Å². The van der Waals surface area contributed by atoms with Gasteiger partial charge in [-0.3, -0.25) is 4.79 Å². The third kappa shape index (κ3) is 4.54. The summed E-state index contributed by atoms with van der Waals surface area (Å²) < 4.78 is 10.9. The van der Waals surface area contributed by atoms with Crippen LogP contribution in [0.3, 0.4) is 0 Å². The molecule has 2 aromatic heterocycles. The number of amides is 1. The number of rotatable bonds is 4. The van der Waals surface area contributed by atoms with Crippen LogP contribution in [-0.2, 0) is 0 Å². The van der Waals surface area contributed by atoms with Gasteiger partial charge in [-0.05, 0) is 44.0 Å². The monoisotopic (exact) mass is 550 g/mol. The molecule has 1 aliphatic rings. The van der Waals surface area contributed by atoms with Gasteiger partial charge in [0.05, 0.1) is 25.7 Å². The molecule has 0 unspecified atom stereocenters. The molecule has 0 radical (unpaired) electrons. The third-order valence-corrected chi connectivity index (χ3v) is 7.30. The van der Waals surface area contributed by atoms with Crippen LogP contribution in [0.25, 0.3) is 22.6 Å². The zero-order valence-corrected chi connectivity index (χ0v) is 21.4. The van der Waals surface area contributed by atoms with Crippen LogP contribution in [0.1, 0.15) is 40.8 Å². The first-order valence-electron chi connectivity index (χ1n) is 10.8. The Morgan fingerprint density at radius 2 is 1.46 bits per heavy atom. The fourth-order valence-corrected chi connectivity index (χ4v) is 5.36. The van der Waals surface area contributed by atoms with Gasteiger partial charge in [0.1, 0.15) is 17.0 Å². The lowest BCUT2D eigenvalue weighted by Crippen LogP contribution is -2.38. The Hall–Kier alpha value is -2.58. The summed E-state index contributed by atoms with van der Waals surface area (Å²) in [6.45, 7) is 2.68. The van der Waals surface area contributed by atoms with E-state index < -0.39 is 0 Å². The van der Waals surface area contributed by atoms with Crippen LogP contribution in [0.5, 0.6) is 0 Å². The molecule has 0 aliphatic carbocycles. The summed E-state index contributed by atoms with van der Waals surface area (Å²) >= 11 is 25.3. The number of piperidine rings is 1. The predicted octanol–water partition coefficient (Wildman–Crippen LogP) is 7.33. The van der Waals surface area contributed by atoms with E-state index in [0.29, 0.717) is 85.9 Å². The Bertz CT molecular complexity index is 1370. The van der Waals surface area contributed by atoms with Crippen molar-refractivity contribution in [3.63, 3.8) is 0 Å². The largest absolute Gasteiger partial charge is 0.360 e. The third-order valence-electron chi connectivity index (χ3n) is 6.04. The summed E-state index contributed by atoms with van der Waals surface area (Å²) in [5.41, 5.74) is 1.70. The van der Waals surface area contributed by atoms with Gasteiger partial charge in [0.15, 0.2) is 0 Å². The van der Waals surface area contributed by atoms with Crippen molar-refractivity contribution < 1.29 is 13.8 Å². The highest BCUT2D eigenvalue weighted by atomic mass is 35.5. The van der Waals surface area contributed by atoms with Gasteiger partial charge in [-0.25, -0.2) is 0 Å². The predicted molar refractivity (Wildman–Crippen MR) is 134 cm³/mol. The minimum absolute atomic E-state index is 0.00242. The van der Waals surface area contributed by atoms with Crippen molar-refractivity contribution in [3.05, 3.63) is 73.7 Å². The minimum Gasteiger partial charge on any atom is -0.360 e. The number of carbonyl (C=O) groups is 1. The molecular formula is C24H18Cl4N4O3. The number of carbonyl (C=O) groups excluding carboxylic acids is 1. The number of aryl methyl sites for hydroxylation is 1. The molecule has 0 bridgehead atoms. The number of hydrogen-bond donors (Lipinski definition) is 0. The first-order chi connectivity index (χ1) is 16.8. The second kappa shape index (κ2) is 9.82. The maximum atomic E-state index is 13.5. The molecular weight excluding hydrogens is 534 g/mol. The molecule has 1 fully saturated rings. The van der Waals surface area contributed by atoms with Gasteiger partial charge >= 0.3 is 0 Å². The topological polar surface area (TPSA) is 85.3 Å². The van der Waals surface area contributed by atoms with E-state index in [0.717, 1.165) is 0 Å². The van der Waals surface area contributed by atoms with E-state index in [2.05, 4.69) is 15.3 Å². The molecule has 4 aromatic rings. The normalized spacial score (nSPS) is 14.5. The van der Waals surface area contributed by atoms with E-state index in [-0.39, 0.29) is 11.8 Å². The van der Waals surface area contributed by atoms with Gasteiger partial charge in [-0.1, -0.05) is 68.8 Å². The average molecular weight is 552 g/mol. The molecule has 3 heterocycles. The molecule has 0 N–H and O–H groups in total. The smallest absolute Gasteiger partial charge is 0.259 e. The number of hydrogen-bond acceptors (Lipinski definition) is 6. The molecule has 1 saturated heterocycles. The van der Waals surface area contributed by atoms with Crippen LogP contribution in [0.2, 0.25) is 20.1 Å². The Morgan fingerprint density at radius 3 is 2.06 bits per heavy atom. The Labute approximate surface area is 220 Å². The van der Waals surface area contributed by atoms with Gasteiger partial charge in [0.2, 0.25) is 11.7 Å². The molecule has 7 nitrogen and oxygen atoms in total. The second-order valence-corrected chi connectivity index (χ2v) is 9.81. The number of halogens is 4. The van der Waals surface area contributed by atoms with Crippen LogP contribution in [-0.4, -0.2) is 39.2 Å². The van der Waals surface area contributed by atoms with Crippen LogP contribution in [0.4, 0.5) is 0 Å². The fraction of sp³-hybridized carbons (Fsp3) is 0.250. The molecule has 1 amide bonds. The Morgan fingerprint density at radius 1 is 0.886 bits per heavy atom. The molecule has 0 atom stereocenters. The van der Waals surface area contributed by atoms with E-state index in [1.165, 1.54) is 0 Å². The van der Waals surface area contributed by atoms with Gasteiger partial charge in [-0.2, -0.15) is 4.98 Å². The lowest BCUT2D eigenvalue weighted by atomic mass is 9.95. The Kier molecular flexibility index (Phi) is 6.77.